The van der Waals surface area contributed by atoms with Gasteiger partial charge < -0.3 is 19.8 Å². The summed E-state index contributed by atoms with van der Waals surface area (Å²) in [6, 6.07) is 3.86. The molecule has 0 unspecified atom stereocenters. The maximum absolute atomic E-state index is 12.4. The quantitative estimate of drug-likeness (QED) is 0.548. The minimum absolute atomic E-state index is 0.0236. The lowest BCUT2D eigenvalue weighted by Gasteiger charge is -2.14. The number of esters is 2. The van der Waals surface area contributed by atoms with Gasteiger partial charge in [-0.3, -0.25) is 4.79 Å². The molecule has 0 aliphatic rings. The zero-order valence-corrected chi connectivity index (χ0v) is 19.8. The first-order valence-corrected chi connectivity index (χ1v) is 11.3. The number of hydrogen-bond donors (Lipinski definition) is 2. The Morgan fingerprint density at radius 3 is 2.38 bits per heavy atom. The molecule has 0 aliphatic carbocycles. The van der Waals surface area contributed by atoms with E-state index in [0.29, 0.717) is 11.3 Å². The van der Waals surface area contributed by atoms with Crippen LogP contribution in [-0.4, -0.2) is 62.9 Å². The number of carbonyl (C=O) groups excluding carboxylic acids is 3. The zero-order chi connectivity index (χ0) is 24.2. The van der Waals surface area contributed by atoms with Crippen LogP contribution in [0.2, 0.25) is 5.02 Å². The number of sulfonamides is 1. The number of nitrogens with zero attached hydrogens (tertiary/aromatic N) is 1. The summed E-state index contributed by atoms with van der Waals surface area (Å²) in [7, 11) is -0.987. The molecule has 0 bridgehead atoms. The van der Waals surface area contributed by atoms with Crippen molar-refractivity contribution in [1.82, 2.24) is 9.29 Å². The normalized spacial score (nSPS) is 11.3. The van der Waals surface area contributed by atoms with Gasteiger partial charge in [0.1, 0.15) is 5.69 Å². The van der Waals surface area contributed by atoms with Crippen LogP contribution < -0.4 is 5.32 Å². The number of H-pyrrole nitrogens is 1. The second-order valence-corrected chi connectivity index (χ2v) is 9.46. The second-order valence-electron chi connectivity index (χ2n) is 6.90. The molecule has 0 saturated carbocycles. The molecule has 2 aromatic rings. The average Bonchev–Trinajstić information content (AvgIpc) is 3.01. The van der Waals surface area contributed by atoms with Gasteiger partial charge in [-0.2, -0.15) is 0 Å². The Bertz CT molecular complexity index is 1160. The Balaban J connectivity index is 2.11. The molecule has 1 aromatic heterocycles. The van der Waals surface area contributed by atoms with Crippen molar-refractivity contribution in [2.24, 2.45) is 0 Å². The minimum atomic E-state index is -3.74. The van der Waals surface area contributed by atoms with Crippen LogP contribution >= 0.6 is 11.6 Å². The van der Waals surface area contributed by atoms with Crippen molar-refractivity contribution in [3.05, 3.63) is 45.7 Å². The van der Waals surface area contributed by atoms with Gasteiger partial charge in [-0.25, -0.2) is 22.3 Å². The number of nitrogens with one attached hydrogen (secondary N) is 2. The summed E-state index contributed by atoms with van der Waals surface area (Å²) < 4.78 is 35.6. The smallest absolute Gasteiger partial charge is 0.355 e. The number of aromatic nitrogens is 1. The number of benzene rings is 1. The van der Waals surface area contributed by atoms with Crippen molar-refractivity contribution in [3.63, 3.8) is 0 Å². The summed E-state index contributed by atoms with van der Waals surface area (Å²) in [5.74, 6) is -2.14. The predicted molar refractivity (Wildman–Crippen MR) is 117 cm³/mol. The third-order valence-corrected chi connectivity index (χ3v) is 6.59. The highest BCUT2D eigenvalue weighted by Crippen LogP contribution is 2.26. The van der Waals surface area contributed by atoms with E-state index in [0.717, 1.165) is 4.31 Å². The van der Waals surface area contributed by atoms with E-state index >= 15 is 0 Å². The highest BCUT2D eigenvalue weighted by atomic mass is 35.5. The lowest BCUT2D eigenvalue weighted by Crippen LogP contribution is -2.23. The van der Waals surface area contributed by atoms with Crippen LogP contribution in [0.25, 0.3) is 0 Å². The van der Waals surface area contributed by atoms with E-state index in [1.54, 1.807) is 20.8 Å². The SMILES string of the molecule is CCOC(=O)c1c(C)[nH]c(C(=O)OCC(=O)Nc2cc(S(=O)(=O)N(C)C)ccc2Cl)c1C. The van der Waals surface area contributed by atoms with Gasteiger partial charge in [-0.1, -0.05) is 11.6 Å². The van der Waals surface area contributed by atoms with Crippen LogP contribution in [0.15, 0.2) is 23.1 Å². The Kier molecular flexibility index (Phi) is 8.05. The fourth-order valence-electron chi connectivity index (χ4n) is 2.82. The maximum Gasteiger partial charge on any atom is 0.355 e. The van der Waals surface area contributed by atoms with Crippen LogP contribution in [0, 0.1) is 13.8 Å². The number of aryl methyl sites for hydroxylation is 1. The molecule has 1 aromatic carbocycles. The van der Waals surface area contributed by atoms with Gasteiger partial charge in [-0.05, 0) is 44.5 Å². The van der Waals surface area contributed by atoms with Crippen molar-refractivity contribution in [3.8, 4) is 0 Å². The molecule has 2 rings (SSSR count). The second kappa shape index (κ2) is 10.2. The Morgan fingerprint density at radius 2 is 1.78 bits per heavy atom. The molecule has 1 heterocycles. The molecule has 1 amide bonds. The molecule has 0 atom stereocenters. The number of halogens is 1. The van der Waals surface area contributed by atoms with Gasteiger partial charge in [0, 0.05) is 19.8 Å². The molecule has 12 heteroatoms. The van der Waals surface area contributed by atoms with Gasteiger partial charge in [0.25, 0.3) is 5.91 Å². The minimum Gasteiger partial charge on any atom is -0.462 e. The standard InChI is InChI=1S/C20H24ClN3O7S/c1-6-30-19(26)17-11(2)18(22-12(17)3)20(27)31-10-16(25)23-15-9-13(7-8-14(15)21)32(28,29)24(4)5/h7-9,22H,6,10H2,1-5H3,(H,23,25). The van der Waals surface area contributed by atoms with Gasteiger partial charge in [0.15, 0.2) is 6.61 Å². The molecule has 2 N–H and O–H groups in total. The molecule has 0 saturated heterocycles. The van der Waals surface area contributed by atoms with E-state index in [2.05, 4.69) is 10.3 Å². The predicted octanol–water partition coefficient (Wildman–Crippen LogP) is 2.51. The molecule has 32 heavy (non-hydrogen) atoms. The van der Waals surface area contributed by atoms with Gasteiger partial charge in [0.2, 0.25) is 10.0 Å². The third-order valence-electron chi connectivity index (χ3n) is 4.45. The van der Waals surface area contributed by atoms with Crippen LogP contribution in [0.5, 0.6) is 0 Å². The molecule has 10 nitrogen and oxygen atoms in total. The van der Waals surface area contributed by atoms with E-state index in [4.69, 9.17) is 21.1 Å². The average molecular weight is 486 g/mol. The monoisotopic (exact) mass is 485 g/mol. The first-order valence-electron chi connectivity index (χ1n) is 9.45. The van der Waals surface area contributed by atoms with Gasteiger partial charge in [0.05, 0.1) is 27.8 Å². The molecule has 0 fully saturated rings. The van der Waals surface area contributed by atoms with E-state index in [-0.39, 0.29) is 33.5 Å². The summed E-state index contributed by atoms with van der Waals surface area (Å²) >= 11 is 6.05. The Hall–Kier alpha value is -2.89. The fraction of sp³-hybridized carbons (Fsp3) is 0.350. The third kappa shape index (κ3) is 5.47. The molecule has 0 spiro atoms. The fourth-order valence-corrected chi connectivity index (χ4v) is 3.92. The molecule has 0 radical (unpaired) electrons. The number of aromatic amines is 1. The lowest BCUT2D eigenvalue weighted by molar-refractivity contribution is -0.119. The maximum atomic E-state index is 12.4. The van der Waals surface area contributed by atoms with Crippen molar-refractivity contribution in [2.75, 3.05) is 32.6 Å². The summed E-state index contributed by atoms with van der Waals surface area (Å²) in [4.78, 5) is 39.4. The molecule has 0 aliphatic heterocycles. The first-order chi connectivity index (χ1) is 14.9. The van der Waals surface area contributed by atoms with Crippen LogP contribution in [0.4, 0.5) is 5.69 Å². The van der Waals surface area contributed by atoms with Crippen molar-refractivity contribution < 1.29 is 32.3 Å². The van der Waals surface area contributed by atoms with Crippen LogP contribution in [-0.2, 0) is 24.3 Å². The van der Waals surface area contributed by atoms with Crippen LogP contribution in [0.1, 0.15) is 39.0 Å². The Morgan fingerprint density at radius 1 is 1.12 bits per heavy atom. The number of amides is 1. The summed E-state index contributed by atoms with van der Waals surface area (Å²) in [6.07, 6.45) is 0. The molecular formula is C20H24ClN3O7S. The summed E-state index contributed by atoms with van der Waals surface area (Å²) in [5, 5.41) is 2.53. The van der Waals surface area contributed by atoms with E-state index in [9.17, 15) is 22.8 Å². The molecular weight excluding hydrogens is 462 g/mol. The van der Waals surface area contributed by atoms with Crippen molar-refractivity contribution >= 4 is 45.2 Å². The summed E-state index contributed by atoms with van der Waals surface area (Å²) in [6.45, 7) is 4.36. The number of rotatable bonds is 8. The lowest BCUT2D eigenvalue weighted by atomic mass is 10.1. The zero-order valence-electron chi connectivity index (χ0n) is 18.2. The number of ether oxygens (including phenoxy) is 2. The van der Waals surface area contributed by atoms with Gasteiger partial charge in [-0.15, -0.1) is 0 Å². The van der Waals surface area contributed by atoms with Gasteiger partial charge >= 0.3 is 11.9 Å². The number of carbonyl (C=O) groups is 3. The largest absolute Gasteiger partial charge is 0.462 e. The van der Waals surface area contributed by atoms with Crippen LogP contribution in [0.3, 0.4) is 0 Å². The van der Waals surface area contributed by atoms with Crippen molar-refractivity contribution in [1.29, 1.82) is 0 Å². The molecule has 174 valence electrons. The van der Waals surface area contributed by atoms with E-state index < -0.39 is 34.5 Å². The van der Waals surface area contributed by atoms with Crippen molar-refractivity contribution in [2.45, 2.75) is 25.7 Å². The highest BCUT2D eigenvalue weighted by molar-refractivity contribution is 7.89. The highest BCUT2D eigenvalue weighted by Gasteiger charge is 2.24. The van der Waals surface area contributed by atoms with E-state index in [1.165, 1.54) is 32.3 Å². The Labute approximate surface area is 190 Å². The first kappa shape index (κ1) is 25.4. The summed E-state index contributed by atoms with van der Waals surface area (Å²) in [5.41, 5.74) is 1.08. The van der Waals surface area contributed by atoms with E-state index in [1.807, 2.05) is 0 Å². The topological polar surface area (TPSA) is 135 Å². The number of anilines is 1. The number of hydrogen-bond acceptors (Lipinski definition) is 7.